The van der Waals surface area contributed by atoms with Crippen molar-refractivity contribution in [2.45, 2.75) is 36.2 Å². The van der Waals surface area contributed by atoms with Gasteiger partial charge in [0.05, 0.1) is 11.7 Å². The van der Waals surface area contributed by atoms with Crippen molar-refractivity contribution in [2.75, 3.05) is 0 Å². The average Bonchev–Trinajstić information content (AvgIpc) is 3.29. The molecule has 0 radical (unpaired) electrons. The number of nitrogens with one attached hydrogen (secondary N) is 1. The second kappa shape index (κ2) is 8.06. The zero-order chi connectivity index (χ0) is 20.4. The summed E-state index contributed by atoms with van der Waals surface area (Å²) in [5.41, 5.74) is 2.65. The molecule has 1 aromatic carbocycles. The second-order valence-electron chi connectivity index (χ2n) is 6.96. The van der Waals surface area contributed by atoms with Crippen LogP contribution >= 0.6 is 11.3 Å². The molecule has 0 bridgehead atoms. The number of hydrogen-bond donors (Lipinski definition) is 1. The highest BCUT2D eigenvalue weighted by atomic mass is 32.2. The third-order valence-electron chi connectivity index (χ3n) is 5.06. The maximum atomic E-state index is 13.3. The van der Waals surface area contributed by atoms with Crippen molar-refractivity contribution >= 4 is 27.3 Å². The molecular formula is C21H21N3O3S2. The number of aromatic nitrogens is 1. The van der Waals surface area contributed by atoms with Crippen molar-refractivity contribution < 1.29 is 13.2 Å². The molecule has 2 atom stereocenters. The number of thiophene rings is 1. The van der Waals surface area contributed by atoms with Crippen molar-refractivity contribution in [1.29, 1.82) is 0 Å². The van der Waals surface area contributed by atoms with Gasteiger partial charge in [-0.05, 0) is 48.1 Å². The summed E-state index contributed by atoms with van der Waals surface area (Å²) in [6, 6.07) is 15.3. The lowest BCUT2D eigenvalue weighted by Crippen LogP contribution is -2.52. The van der Waals surface area contributed by atoms with Gasteiger partial charge in [-0.25, -0.2) is 8.42 Å². The molecule has 1 aliphatic rings. The Bertz CT molecular complexity index is 1100. The van der Waals surface area contributed by atoms with Gasteiger partial charge in [-0.3, -0.25) is 9.78 Å². The molecule has 0 saturated heterocycles. The minimum atomic E-state index is -3.78. The molecule has 3 aromatic rings. The van der Waals surface area contributed by atoms with Crippen LogP contribution in [0.5, 0.6) is 0 Å². The van der Waals surface area contributed by atoms with Crippen LogP contribution in [0.1, 0.15) is 29.8 Å². The molecular weight excluding hydrogens is 406 g/mol. The van der Waals surface area contributed by atoms with Crippen LogP contribution in [-0.2, 0) is 27.8 Å². The summed E-state index contributed by atoms with van der Waals surface area (Å²) in [7, 11) is -3.78. The van der Waals surface area contributed by atoms with E-state index in [9.17, 15) is 13.2 Å². The first-order valence-electron chi connectivity index (χ1n) is 9.30. The van der Waals surface area contributed by atoms with E-state index in [0.717, 1.165) is 28.2 Å². The van der Waals surface area contributed by atoms with Gasteiger partial charge in [0, 0.05) is 12.7 Å². The molecule has 0 saturated carbocycles. The van der Waals surface area contributed by atoms with Gasteiger partial charge in [0.1, 0.15) is 10.3 Å². The summed E-state index contributed by atoms with van der Waals surface area (Å²) in [6.45, 7) is 2.02. The number of carbonyl (C=O) groups is 1. The molecule has 8 heteroatoms. The van der Waals surface area contributed by atoms with Gasteiger partial charge in [-0.2, -0.15) is 4.31 Å². The molecule has 2 aromatic heterocycles. The van der Waals surface area contributed by atoms with E-state index in [0.29, 0.717) is 6.42 Å². The quantitative estimate of drug-likeness (QED) is 0.678. The van der Waals surface area contributed by atoms with Crippen LogP contribution in [-0.4, -0.2) is 29.7 Å². The molecule has 4 rings (SSSR count). The summed E-state index contributed by atoms with van der Waals surface area (Å²) in [5, 5.41) is 4.67. The highest BCUT2D eigenvalue weighted by Crippen LogP contribution is 2.31. The number of rotatable bonds is 5. The number of nitrogens with zero attached hydrogens (tertiary/aromatic N) is 2. The van der Waals surface area contributed by atoms with Gasteiger partial charge in [-0.1, -0.05) is 36.4 Å². The molecule has 1 N–H and O–H groups in total. The summed E-state index contributed by atoms with van der Waals surface area (Å²) in [5.74, 6) is -0.321. The average molecular weight is 428 g/mol. The highest BCUT2D eigenvalue weighted by Gasteiger charge is 2.40. The van der Waals surface area contributed by atoms with Crippen LogP contribution in [0.15, 0.2) is 70.4 Å². The fourth-order valence-corrected chi connectivity index (χ4v) is 6.20. The minimum absolute atomic E-state index is 0.173. The summed E-state index contributed by atoms with van der Waals surface area (Å²) in [4.78, 5) is 17.5. The minimum Gasteiger partial charge on any atom is -0.347 e. The molecule has 3 heterocycles. The zero-order valence-electron chi connectivity index (χ0n) is 15.9. The Morgan fingerprint density at radius 2 is 1.90 bits per heavy atom. The molecule has 0 aliphatic carbocycles. The van der Waals surface area contributed by atoms with E-state index >= 15 is 0 Å². The number of hydrogen-bond acceptors (Lipinski definition) is 5. The summed E-state index contributed by atoms with van der Waals surface area (Å²) < 4.78 is 28.1. The Kier molecular flexibility index (Phi) is 5.49. The molecule has 29 heavy (non-hydrogen) atoms. The van der Waals surface area contributed by atoms with E-state index in [1.54, 1.807) is 23.7 Å². The van der Waals surface area contributed by atoms with Gasteiger partial charge in [-0.15, -0.1) is 11.3 Å². The Morgan fingerprint density at radius 3 is 2.59 bits per heavy atom. The first-order valence-corrected chi connectivity index (χ1v) is 11.6. The van der Waals surface area contributed by atoms with Crippen molar-refractivity contribution in [3.8, 4) is 0 Å². The Balaban J connectivity index is 1.66. The van der Waals surface area contributed by atoms with E-state index < -0.39 is 16.1 Å². The zero-order valence-corrected chi connectivity index (χ0v) is 17.5. The lowest BCUT2D eigenvalue weighted by Gasteiger charge is -2.35. The third kappa shape index (κ3) is 3.96. The maximum absolute atomic E-state index is 13.3. The smallest absolute Gasteiger partial charge is 0.253 e. The number of pyridine rings is 1. The lowest BCUT2D eigenvalue weighted by atomic mass is 9.95. The molecule has 0 fully saturated rings. The van der Waals surface area contributed by atoms with Crippen LogP contribution < -0.4 is 5.32 Å². The van der Waals surface area contributed by atoms with Crippen LogP contribution in [0.2, 0.25) is 0 Å². The first-order chi connectivity index (χ1) is 14.0. The molecule has 6 nitrogen and oxygen atoms in total. The fourth-order valence-electron chi connectivity index (χ4n) is 3.52. The van der Waals surface area contributed by atoms with E-state index in [1.807, 2.05) is 49.4 Å². The van der Waals surface area contributed by atoms with Crippen molar-refractivity contribution in [3.05, 3.63) is 83.0 Å². The van der Waals surface area contributed by atoms with E-state index in [2.05, 4.69) is 10.3 Å². The fraction of sp³-hybridized carbons (Fsp3) is 0.238. The lowest BCUT2D eigenvalue weighted by molar-refractivity contribution is -0.125. The topological polar surface area (TPSA) is 79.4 Å². The normalized spacial score (nSPS) is 18.0. The Labute approximate surface area is 174 Å². The number of fused-ring (bicyclic) bond motifs is 1. The number of sulfonamides is 1. The Hall–Kier alpha value is -2.55. The number of carbonyl (C=O) groups excluding carboxylic acids is 1. The van der Waals surface area contributed by atoms with E-state index in [-0.39, 0.29) is 22.7 Å². The van der Waals surface area contributed by atoms with Crippen LogP contribution in [0.4, 0.5) is 0 Å². The maximum Gasteiger partial charge on any atom is 0.253 e. The number of amides is 1. The predicted molar refractivity (Wildman–Crippen MR) is 112 cm³/mol. The van der Waals surface area contributed by atoms with Crippen molar-refractivity contribution in [3.63, 3.8) is 0 Å². The summed E-state index contributed by atoms with van der Waals surface area (Å²) in [6.07, 6.45) is 2.00. The molecule has 150 valence electrons. The van der Waals surface area contributed by atoms with Gasteiger partial charge in [0.2, 0.25) is 5.91 Å². The first kappa shape index (κ1) is 19.8. The van der Waals surface area contributed by atoms with Crippen LogP contribution in [0, 0.1) is 0 Å². The highest BCUT2D eigenvalue weighted by molar-refractivity contribution is 7.91. The third-order valence-corrected chi connectivity index (χ3v) is 8.28. The van der Waals surface area contributed by atoms with Gasteiger partial charge in [0.25, 0.3) is 10.0 Å². The molecule has 2 unspecified atom stereocenters. The summed E-state index contributed by atoms with van der Waals surface area (Å²) >= 11 is 1.16. The van der Waals surface area contributed by atoms with Gasteiger partial charge in [0.15, 0.2) is 0 Å². The second-order valence-corrected chi connectivity index (χ2v) is 10.0. The van der Waals surface area contributed by atoms with Gasteiger partial charge >= 0.3 is 0 Å². The Morgan fingerprint density at radius 1 is 1.14 bits per heavy atom. The van der Waals surface area contributed by atoms with Crippen LogP contribution in [0.3, 0.4) is 0 Å². The van der Waals surface area contributed by atoms with Crippen LogP contribution in [0.25, 0.3) is 0 Å². The molecule has 1 amide bonds. The standard InChI is InChI=1S/C21H21N3O3S2/c1-15(18-9-4-5-11-22-18)23-21(25)19-13-16-7-2-3-8-17(16)14-24(19)29(26,27)20-10-6-12-28-20/h2-12,15,19H,13-14H2,1H3,(H,23,25). The molecule has 1 aliphatic heterocycles. The van der Waals surface area contributed by atoms with Crippen molar-refractivity contribution in [1.82, 2.24) is 14.6 Å². The van der Waals surface area contributed by atoms with Crippen molar-refractivity contribution in [2.24, 2.45) is 0 Å². The largest absolute Gasteiger partial charge is 0.347 e. The monoisotopic (exact) mass is 427 g/mol. The van der Waals surface area contributed by atoms with E-state index in [1.165, 1.54) is 4.31 Å². The van der Waals surface area contributed by atoms with Gasteiger partial charge < -0.3 is 5.32 Å². The SMILES string of the molecule is CC(NC(=O)C1Cc2ccccc2CN1S(=O)(=O)c1cccs1)c1ccccn1. The van der Waals surface area contributed by atoms with E-state index in [4.69, 9.17) is 0 Å². The number of benzene rings is 1. The molecule has 0 spiro atoms. The predicted octanol–water partition coefficient (Wildman–Crippen LogP) is 3.14.